The molecule has 0 aromatic carbocycles. The number of hydrogen-bond acceptors (Lipinski definition) is 3. The van der Waals surface area contributed by atoms with Gasteiger partial charge in [0.1, 0.15) is 0 Å². The van der Waals surface area contributed by atoms with E-state index in [2.05, 4.69) is 29.0 Å². The molecule has 2 nitrogen and oxygen atoms in total. The van der Waals surface area contributed by atoms with Crippen molar-refractivity contribution in [3.8, 4) is 0 Å². The highest BCUT2D eigenvalue weighted by atomic mass is 32.2. The van der Waals surface area contributed by atoms with Gasteiger partial charge in [0.05, 0.1) is 0 Å². The van der Waals surface area contributed by atoms with Gasteiger partial charge < -0.3 is 10.2 Å². The Kier molecular flexibility index (Phi) is 5.46. The van der Waals surface area contributed by atoms with Gasteiger partial charge in [0.25, 0.3) is 0 Å². The summed E-state index contributed by atoms with van der Waals surface area (Å²) in [6, 6.07) is 0.870. The van der Waals surface area contributed by atoms with Crippen molar-refractivity contribution in [1.29, 1.82) is 0 Å². The molecule has 0 aromatic heterocycles. The minimum Gasteiger partial charge on any atom is -0.316 e. The van der Waals surface area contributed by atoms with Gasteiger partial charge in [0, 0.05) is 11.8 Å². The summed E-state index contributed by atoms with van der Waals surface area (Å²) in [4.78, 5) is 2.59. The largest absolute Gasteiger partial charge is 0.316 e. The highest BCUT2D eigenvalue weighted by molar-refractivity contribution is 7.99. The Hall–Kier alpha value is 0.270. The van der Waals surface area contributed by atoms with E-state index in [0.717, 1.165) is 12.0 Å². The molecule has 0 bridgehead atoms. The average molecular weight is 242 g/mol. The van der Waals surface area contributed by atoms with E-state index >= 15 is 0 Å². The van der Waals surface area contributed by atoms with Gasteiger partial charge >= 0.3 is 0 Å². The number of hydrogen-bond donors (Lipinski definition) is 1. The Morgan fingerprint density at radius 2 is 2.31 bits per heavy atom. The molecule has 0 amide bonds. The second kappa shape index (κ2) is 6.87. The number of rotatable bonds is 5. The van der Waals surface area contributed by atoms with Crippen LogP contribution >= 0.6 is 11.8 Å². The number of nitrogens with zero attached hydrogens (tertiary/aromatic N) is 1. The van der Waals surface area contributed by atoms with Gasteiger partial charge in [-0.15, -0.1) is 0 Å². The molecule has 1 N–H and O–H groups in total. The summed E-state index contributed by atoms with van der Waals surface area (Å²) in [5.74, 6) is 3.70. The van der Waals surface area contributed by atoms with E-state index in [0.29, 0.717) is 0 Å². The van der Waals surface area contributed by atoms with E-state index in [9.17, 15) is 0 Å². The monoisotopic (exact) mass is 242 g/mol. The molecule has 2 saturated heterocycles. The second-order valence-corrected chi connectivity index (χ2v) is 6.50. The highest BCUT2D eigenvalue weighted by Crippen LogP contribution is 2.22. The zero-order valence-corrected chi connectivity index (χ0v) is 11.4. The van der Waals surface area contributed by atoms with E-state index in [1.807, 2.05) is 0 Å². The topological polar surface area (TPSA) is 15.3 Å². The van der Waals surface area contributed by atoms with E-state index in [1.165, 1.54) is 63.2 Å². The summed E-state index contributed by atoms with van der Waals surface area (Å²) in [6.07, 6.45) is 7.07. The zero-order valence-electron chi connectivity index (χ0n) is 10.6. The fourth-order valence-electron chi connectivity index (χ4n) is 2.85. The summed E-state index contributed by atoms with van der Waals surface area (Å²) in [5, 5.41) is 3.51. The first-order valence-corrected chi connectivity index (χ1v) is 8.00. The van der Waals surface area contributed by atoms with Gasteiger partial charge in [-0.25, -0.2) is 0 Å². The maximum absolute atomic E-state index is 3.51. The lowest BCUT2D eigenvalue weighted by molar-refractivity contribution is 0.244. The second-order valence-electron chi connectivity index (χ2n) is 5.35. The molecule has 16 heavy (non-hydrogen) atoms. The Bertz CT molecular complexity index is 186. The van der Waals surface area contributed by atoms with Gasteiger partial charge in [-0.05, 0) is 70.5 Å². The Morgan fingerprint density at radius 3 is 3.00 bits per heavy atom. The minimum absolute atomic E-state index is 0.870. The van der Waals surface area contributed by atoms with Crippen LogP contribution in [-0.2, 0) is 0 Å². The SMILES string of the molecule is CN(CCCC1CCCNC1)C1CCSC1. The molecule has 0 aromatic rings. The van der Waals surface area contributed by atoms with Crippen LogP contribution in [0.3, 0.4) is 0 Å². The first-order chi connectivity index (χ1) is 7.86. The van der Waals surface area contributed by atoms with Crippen LogP contribution in [0.4, 0.5) is 0 Å². The van der Waals surface area contributed by atoms with Crippen LogP contribution < -0.4 is 5.32 Å². The van der Waals surface area contributed by atoms with Crippen molar-refractivity contribution in [3.05, 3.63) is 0 Å². The van der Waals surface area contributed by atoms with Crippen molar-refractivity contribution in [1.82, 2.24) is 10.2 Å². The van der Waals surface area contributed by atoms with Crippen LogP contribution in [0.1, 0.15) is 32.1 Å². The van der Waals surface area contributed by atoms with Gasteiger partial charge in [-0.1, -0.05) is 0 Å². The van der Waals surface area contributed by atoms with Crippen LogP contribution in [-0.4, -0.2) is 49.1 Å². The standard InChI is InChI=1S/C13H26N2S/c1-15(13-6-9-16-11-13)8-3-5-12-4-2-7-14-10-12/h12-14H,2-11H2,1H3. The lowest BCUT2D eigenvalue weighted by Gasteiger charge is -2.26. The molecular weight excluding hydrogens is 216 g/mol. The van der Waals surface area contributed by atoms with Crippen LogP contribution in [0.15, 0.2) is 0 Å². The molecule has 2 fully saturated rings. The van der Waals surface area contributed by atoms with Crippen LogP contribution in [0.25, 0.3) is 0 Å². The number of piperidine rings is 1. The molecule has 3 heteroatoms. The Labute approximate surface area is 105 Å². The van der Waals surface area contributed by atoms with Crippen molar-refractivity contribution < 1.29 is 0 Å². The van der Waals surface area contributed by atoms with Crippen molar-refractivity contribution in [2.75, 3.05) is 38.2 Å². The third kappa shape index (κ3) is 3.94. The third-order valence-corrected chi connectivity index (χ3v) is 5.20. The van der Waals surface area contributed by atoms with Crippen molar-refractivity contribution in [3.63, 3.8) is 0 Å². The van der Waals surface area contributed by atoms with Gasteiger partial charge in [0.2, 0.25) is 0 Å². The molecule has 2 unspecified atom stereocenters. The molecule has 0 spiro atoms. The van der Waals surface area contributed by atoms with Crippen LogP contribution in [0, 0.1) is 5.92 Å². The smallest absolute Gasteiger partial charge is 0.0191 e. The maximum atomic E-state index is 3.51. The molecule has 0 saturated carbocycles. The first kappa shape index (κ1) is 12.7. The van der Waals surface area contributed by atoms with E-state index < -0.39 is 0 Å². The molecule has 2 atom stereocenters. The summed E-state index contributed by atoms with van der Waals surface area (Å²) < 4.78 is 0. The summed E-state index contributed by atoms with van der Waals surface area (Å²) >= 11 is 2.12. The Balaban J connectivity index is 1.56. The first-order valence-electron chi connectivity index (χ1n) is 6.85. The van der Waals surface area contributed by atoms with Gasteiger partial charge in [-0.2, -0.15) is 11.8 Å². The van der Waals surface area contributed by atoms with E-state index in [1.54, 1.807) is 0 Å². The summed E-state index contributed by atoms with van der Waals surface area (Å²) in [5.41, 5.74) is 0. The zero-order chi connectivity index (χ0) is 11.2. The number of thioether (sulfide) groups is 1. The minimum atomic E-state index is 0.870. The van der Waals surface area contributed by atoms with Gasteiger partial charge in [-0.3, -0.25) is 0 Å². The summed E-state index contributed by atoms with van der Waals surface area (Å²) in [7, 11) is 2.32. The average Bonchev–Trinajstić information content (AvgIpc) is 2.84. The summed E-state index contributed by atoms with van der Waals surface area (Å²) in [6.45, 7) is 3.82. The lowest BCUT2D eigenvalue weighted by Crippen LogP contribution is -2.33. The van der Waals surface area contributed by atoms with Crippen LogP contribution in [0.5, 0.6) is 0 Å². The van der Waals surface area contributed by atoms with Gasteiger partial charge in [0.15, 0.2) is 0 Å². The highest BCUT2D eigenvalue weighted by Gasteiger charge is 2.20. The lowest BCUT2D eigenvalue weighted by atomic mass is 9.94. The third-order valence-electron chi connectivity index (χ3n) is 4.05. The molecule has 2 aliphatic rings. The predicted octanol–water partition coefficient (Wildman–Crippen LogP) is 2.20. The molecule has 2 heterocycles. The molecule has 2 rings (SSSR count). The van der Waals surface area contributed by atoms with Crippen molar-refractivity contribution >= 4 is 11.8 Å². The molecule has 0 radical (unpaired) electrons. The van der Waals surface area contributed by atoms with Crippen LogP contribution in [0.2, 0.25) is 0 Å². The quantitative estimate of drug-likeness (QED) is 0.796. The maximum Gasteiger partial charge on any atom is 0.0191 e. The van der Waals surface area contributed by atoms with E-state index in [-0.39, 0.29) is 0 Å². The van der Waals surface area contributed by atoms with Crippen molar-refractivity contribution in [2.45, 2.75) is 38.1 Å². The fourth-order valence-corrected chi connectivity index (χ4v) is 4.15. The van der Waals surface area contributed by atoms with E-state index in [4.69, 9.17) is 0 Å². The molecular formula is C13H26N2S. The fraction of sp³-hybridized carbons (Fsp3) is 1.00. The molecule has 2 aliphatic heterocycles. The predicted molar refractivity (Wildman–Crippen MR) is 73.2 cm³/mol. The van der Waals surface area contributed by atoms with Crippen molar-refractivity contribution in [2.24, 2.45) is 5.92 Å². The number of nitrogens with one attached hydrogen (secondary N) is 1. The molecule has 0 aliphatic carbocycles. The molecule has 94 valence electrons. The normalized spacial score (nSPS) is 31.1. The Morgan fingerprint density at radius 1 is 1.38 bits per heavy atom.